The van der Waals surface area contributed by atoms with Gasteiger partial charge in [-0.1, -0.05) is 12.1 Å². The van der Waals surface area contributed by atoms with E-state index in [1.54, 1.807) is 19.9 Å². The Morgan fingerprint density at radius 3 is 2.10 bits per heavy atom. The average Bonchev–Trinajstić information content (AvgIpc) is 2.79. The Kier molecular flexibility index (Phi) is 10.8. The molecule has 0 aliphatic carbocycles. The first kappa shape index (κ1) is 32.0. The highest BCUT2D eigenvalue weighted by Gasteiger charge is 2.40. The van der Waals surface area contributed by atoms with Crippen molar-refractivity contribution < 1.29 is 51.2 Å². The Balaban J connectivity index is 1.99. The quantitative estimate of drug-likeness (QED) is 0.238. The van der Waals surface area contributed by atoms with E-state index < -0.39 is 48.5 Å². The maximum absolute atomic E-state index is 12.8. The van der Waals surface area contributed by atoms with E-state index in [0.29, 0.717) is 25.4 Å². The molecule has 1 aromatic carbocycles. The van der Waals surface area contributed by atoms with Gasteiger partial charge in [-0.3, -0.25) is 4.90 Å². The number of aryl methyl sites for hydroxylation is 1. The Morgan fingerprint density at radius 2 is 1.54 bits per heavy atom. The lowest BCUT2D eigenvalue weighted by molar-refractivity contribution is -0.200. The summed E-state index contributed by atoms with van der Waals surface area (Å²) < 4.78 is 63.7. The van der Waals surface area contributed by atoms with Crippen LogP contribution in [-0.2, 0) is 30.3 Å². The van der Waals surface area contributed by atoms with Gasteiger partial charge in [0.15, 0.2) is 11.7 Å². The number of nitrogens with zero attached hydrogens (tertiary/aromatic N) is 2. The van der Waals surface area contributed by atoms with Crippen LogP contribution in [0.1, 0.15) is 52.7 Å². The Labute approximate surface area is 226 Å². The van der Waals surface area contributed by atoms with E-state index in [-0.39, 0.29) is 13.1 Å². The second-order valence-corrected chi connectivity index (χ2v) is 10.1. The van der Waals surface area contributed by atoms with Crippen LogP contribution in [0.4, 0.5) is 22.8 Å². The highest BCUT2D eigenvalue weighted by Crippen LogP contribution is 2.28. The number of amides is 1. The topological polar surface area (TPSA) is 104 Å². The van der Waals surface area contributed by atoms with Gasteiger partial charge in [0.1, 0.15) is 5.75 Å². The van der Waals surface area contributed by atoms with Gasteiger partial charge >= 0.3 is 24.4 Å². The molecular formula is C26H37F3N2O8. The van der Waals surface area contributed by atoms with Crippen molar-refractivity contribution in [2.75, 3.05) is 26.2 Å². The van der Waals surface area contributed by atoms with Gasteiger partial charge in [0.05, 0.1) is 6.10 Å². The summed E-state index contributed by atoms with van der Waals surface area (Å²) in [5.41, 5.74) is 0.199. The number of alkyl halides is 3. The molecule has 1 saturated heterocycles. The van der Waals surface area contributed by atoms with Crippen molar-refractivity contribution in [2.45, 2.75) is 85.3 Å². The molecular weight excluding hydrogens is 525 g/mol. The third kappa shape index (κ3) is 10.1. The fraction of sp³-hybridized carbons (Fsp3) is 0.654. The summed E-state index contributed by atoms with van der Waals surface area (Å²) in [7, 11) is 0. The first-order valence-electron chi connectivity index (χ1n) is 12.6. The number of carbonyl (C=O) groups excluding carboxylic acids is 3. The molecule has 0 N–H and O–H groups in total. The molecule has 2 atom stereocenters. The largest absolute Gasteiger partial charge is 0.511 e. The molecule has 10 nitrogen and oxygen atoms in total. The maximum atomic E-state index is 12.8. The fourth-order valence-electron chi connectivity index (χ4n) is 3.50. The zero-order valence-electron chi connectivity index (χ0n) is 23.3. The van der Waals surface area contributed by atoms with E-state index >= 15 is 0 Å². The van der Waals surface area contributed by atoms with Crippen LogP contribution in [-0.4, -0.2) is 84.5 Å². The second-order valence-electron chi connectivity index (χ2n) is 10.1. The highest BCUT2D eigenvalue weighted by atomic mass is 19.4. The van der Waals surface area contributed by atoms with Crippen molar-refractivity contribution in [1.29, 1.82) is 0 Å². The molecule has 1 heterocycles. The summed E-state index contributed by atoms with van der Waals surface area (Å²) >= 11 is 0. The zero-order chi connectivity index (χ0) is 29.5. The predicted octanol–water partition coefficient (Wildman–Crippen LogP) is 4.81. The van der Waals surface area contributed by atoms with Gasteiger partial charge in [-0.15, -0.1) is 0 Å². The van der Waals surface area contributed by atoms with Crippen LogP contribution in [0.15, 0.2) is 18.2 Å². The lowest BCUT2D eigenvalue weighted by Crippen LogP contribution is -2.49. The number of hydrogen-bond donors (Lipinski definition) is 0. The van der Waals surface area contributed by atoms with Gasteiger partial charge in [0.25, 0.3) is 0 Å². The molecule has 1 aliphatic rings. The Bertz CT molecular complexity index is 1010. The first-order valence-corrected chi connectivity index (χ1v) is 12.6. The molecule has 0 saturated carbocycles. The molecule has 0 radical (unpaired) electrons. The standard InChI is InChI=1S/C26H37F3N2O8/c1-16(2)35-24(34)38-19(5)37-22(32)25(6,7)39-21-14-17(3)8-9-20(21)15-30-10-12-31(13-11-30)23(33)36-18(4)26(27,28)29/h8-9,14,16,18-19H,10-13,15H2,1-7H3. The molecule has 39 heavy (non-hydrogen) atoms. The predicted molar refractivity (Wildman–Crippen MR) is 133 cm³/mol. The van der Waals surface area contributed by atoms with Crippen LogP contribution in [0.3, 0.4) is 0 Å². The molecule has 220 valence electrons. The van der Waals surface area contributed by atoms with Gasteiger partial charge in [-0.2, -0.15) is 13.2 Å². The molecule has 2 unspecified atom stereocenters. The molecule has 0 aromatic heterocycles. The zero-order valence-corrected chi connectivity index (χ0v) is 23.3. The smallest absolute Gasteiger partial charge is 0.476 e. The SMILES string of the molecule is Cc1ccc(CN2CCN(C(=O)OC(C)C(F)(F)F)CC2)c(OC(C)(C)C(=O)OC(C)OC(=O)OC(C)C)c1. The molecule has 13 heteroatoms. The van der Waals surface area contributed by atoms with Crippen LogP contribution in [0, 0.1) is 6.92 Å². The van der Waals surface area contributed by atoms with E-state index in [9.17, 15) is 27.6 Å². The summed E-state index contributed by atoms with van der Waals surface area (Å²) in [5.74, 6) is -0.328. The monoisotopic (exact) mass is 562 g/mol. The van der Waals surface area contributed by atoms with Gasteiger partial charge in [-0.25, -0.2) is 14.4 Å². The van der Waals surface area contributed by atoms with Crippen molar-refractivity contribution in [2.24, 2.45) is 0 Å². The third-order valence-electron chi connectivity index (χ3n) is 5.71. The van der Waals surface area contributed by atoms with E-state index in [2.05, 4.69) is 4.74 Å². The molecule has 1 amide bonds. The Morgan fingerprint density at radius 1 is 0.923 bits per heavy atom. The van der Waals surface area contributed by atoms with E-state index in [1.807, 2.05) is 24.0 Å². The van der Waals surface area contributed by atoms with Crippen LogP contribution in [0.25, 0.3) is 0 Å². The summed E-state index contributed by atoms with van der Waals surface area (Å²) in [6, 6.07) is 5.51. The lowest BCUT2D eigenvalue weighted by Gasteiger charge is -2.35. The number of esters is 1. The third-order valence-corrected chi connectivity index (χ3v) is 5.71. The van der Waals surface area contributed by atoms with Crippen molar-refractivity contribution in [3.63, 3.8) is 0 Å². The van der Waals surface area contributed by atoms with Gasteiger partial charge in [-0.05, 0) is 53.2 Å². The summed E-state index contributed by atoms with van der Waals surface area (Å²) in [4.78, 5) is 39.8. The summed E-state index contributed by atoms with van der Waals surface area (Å²) in [6.45, 7) is 12.0. The van der Waals surface area contributed by atoms with E-state index in [4.69, 9.17) is 18.9 Å². The molecule has 0 spiro atoms. The number of hydrogen-bond acceptors (Lipinski definition) is 9. The summed E-state index contributed by atoms with van der Waals surface area (Å²) in [5, 5.41) is 0. The molecule has 2 rings (SSSR count). The minimum Gasteiger partial charge on any atom is -0.476 e. The first-order chi connectivity index (χ1) is 18.0. The number of carbonyl (C=O) groups is 3. The van der Waals surface area contributed by atoms with Crippen molar-refractivity contribution in [3.05, 3.63) is 29.3 Å². The number of rotatable bonds is 9. The number of benzene rings is 1. The summed E-state index contributed by atoms with van der Waals surface area (Å²) in [6.07, 6.45) is -10.4. The minimum atomic E-state index is -4.62. The van der Waals surface area contributed by atoms with E-state index in [1.165, 1.54) is 25.7 Å². The second kappa shape index (κ2) is 13.2. The van der Waals surface area contributed by atoms with Crippen LogP contribution >= 0.6 is 0 Å². The molecule has 1 aliphatic heterocycles. The van der Waals surface area contributed by atoms with E-state index in [0.717, 1.165) is 18.1 Å². The fourth-order valence-corrected chi connectivity index (χ4v) is 3.50. The molecule has 0 bridgehead atoms. The average molecular weight is 563 g/mol. The maximum Gasteiger partial charge on any atom is 0.511 e. The van der Waals surface area contributed by atoms with Crippen LogP contribution < -0.4 is 4.74 Å². The van der Waals surface area contributed by atoms with Crippen molar-refractivity contribution in [3.8, 4) is 5.75 Å². The molecule has 1 fully saturated rings. The number of piperazine rings is 1. The van der Waals surface area contributed by atoms with Gasteiger partial charge < -0.3 is 28.6 Å². The van der Waals surface area contributed by atoms with Crippen molar-refractivity contribution in [1.82, 2.24) is 9.80 Å². The minimum absolute atomic E-state index is 0.195. The van der Waals surface area contributed by atoms with Gasteiger partial charge in [0.2, 0.25) is 6.29 Å². The lowest BCUT2D eigenvalue weighted by atomic mass is 10.1. The normalized spacial score (nSPS) is 16.3. The van der Waals surface area contributed by atoms with Crippen LogP contribution in [0.2, 0.25) is 0 Å². The number of ether oxygens (including phenoxy) is 5. The number of halogens is 3. The highest BCUT2D eigenvalue weighted by molar-refractivity contribution is 5.79. The van der Waals surface area contributed by atoms with Crippen molar-refractivity contribution >= 4 is 18.2 Å². The van der Waals surface area contributed by atoms with Crippen LogP contribution in [0.5, 0.6) is 5.75 Å². The van der Waals surface area contributed by atoms with Gasteiger partial charge in [0, 0.05) is 45.2 Å². The molecule has 1 aromatic rings. The Hall–Kier alpha value is -3.22.